The van der Waals surface area contributed by atoms with Crippen molar-refractivity contribution in [2.45, 2.75) is 19.4 Å². The van der Waals surface area contributed by atoms with Gasteiger partial charge in [0.05, 0.1) is 12.7 Å². The molecule has 0 aromatic heterocycles. The average Bonchev–Trinajstić information content (AvgIpc) is 2.41. The second kappa shape index (κ2) is 9.54. The average molecular weight is 340 g/mol. The lowest BCUT2D eigenvalue weighted by Crippen LogP contribution is -2.24. The lowest BCUT2D eigenvalue weighted by molar-refractivity contribution is -0.140. The maximum Gasteiger partial charge on any atom is 0.317 e. The first-order valence-electron chi connectivity index (χ1n) is 5.15. The second-order valence-corrected chi connectivity index (χ2v) is 6.39. The molecule has 0 aliphatic carbocycles. The van der Waals surface area contributed by atoms with E-state index in [2.05, 4.69) is 13.4 Å². The van der Waals surface area contributed by atoms with Crippen LogP contribution in [0.1, 0.15) is 13.3 Å². The molecule has 0 rings (SSSR count). The van der Waals surface area contributed by atoms with Gasteiger partial charge in [-0.3, -0.25) is 0 Å². The van der Waals surface area contributed by atoms with Crippen molar-refractivity contribution in [1.82, 2.24) is 0 Å². The van der Waals surface area contributed by atoms with Gasteiger partial charge in [0, 0.05) is 0 Å². The Bertz CT molecular complexity index is 441. The molecule has 0 heterocycles. The molecule has 0 aliphatic heterocycles. The van der Waals surface area contributed by atoms with Gasteiger partial charge >= 0.3 is 20.2 Å². The highest BCUT2D eigenvalue weighted by Crippen LogP contribution is 2.02. The van der Waals surface area contributed by atoms with Crippen LogP contribution >= 0.6 is 0 Å². The van der Waals surface area contributed by atoms with Crippen LogP contribution in [0.4, 0.5) is 0 Å². The van der Waals surface area contributed by atoms with Gasteiger partial charge in [0.1, 0.15) is 6.79 Å². The van der Waals surface area contributed by atoms with Crippen LogP contribution < -0.4 is 0 Å². The van der Waals surface area contributed by atoms with Crippen LogP contribution in [0, 0.1) is 0 Å². The molecule has 0 aliphatic rings. The minimum absolute atomic E-state index is 0.147. The van der Waals surface area contributed by atoms with E-state index in [-0.39, 0.29) is 6.61 Å². The highest BCUT2D eigenvalue weighted by atomic mass is 32.2. The third kappa shape index (κ3) is 9.51. The van der Waals surface area contributed by atoms with E-state index in [1.807, 2.05) is 0 Å². The first kappa shape index (κ1) is 19.6. The minimum Gasteiger partial charge on any atom is -0.360 e. The molecule has 0 amide bonds. The maximum atomic E-state index is 10.7. The Morgan fingerprint density at radius 3 is 1.90 bits per heavy atom. The van der Waals surface area contributed by atoms with Crippen LogP contribution in [0.3, 0.4) is 0 Å². The van der Waals surface area contributed by atoms with Crippen molar-refractivity contribution in [2.75, 3.05) is 25.3 Å². The summed E-state index contributed by atoms with van der Waals surface area (Å²) in [4.78, 5) is 0. The molecule has 0 fully saturated rings. The Hall–Kier alpha value is -0.380. The van der Waals surface area contributed by atoms with Gasteiger partial charge in [0.15, 0.2) is 11.9 Å². The molecule has 0 radical (unpaired) electrons. The molecular formula is C7H16O11S2. The van der Waals surface area contributed by atoms with Gasteiger partial charge in [-0.25, -0.2) is 10.5 Å². The molecule has 1 atom stereocenters. The highest BCUT2D eigenvalue weighted by molar-refractivity contribution is 7.86. The van der Waals surface area contributed by atoms with Crippen LogP contribution in [0.2, 0.25) is 0 Å². The van der Waals surface area contributed by atoms with Gasteiger partial charge in [-0.2, -0.15) is 16.8 Å². The fourth-order valence-electron chi connectivity index (χ4n) is 0.889. The smallest absolute Gasteiger partial charge is 0.317 e. The fourth-order valence-corrected chi connectivity index (χ4v) is 1.55. The zero-order valence-corrected chi connectivity index (χ0v) is 12.1. The van der Waals surface area contributed by atoms with Crippen molar-refractivity contribution in [3.05, 3.63) is 0 Å². The van der Waals surface area contributed by atoms with Gasteiger partial charge in [0.2, 0.25) is 0 Å². The van der Waals surface area contributed by atoms with Crippen molar-refractivity contribution in [3.8, 4) is 0 Å². The predicted molar refractivity (Wildman–Crippen MR) is 62.1 cm³/mol. The molecule has 11 nitrogen and oxygen atoms in total. The summed E-state index contributed by atoms with van der Waals surface area (Å²) in [6, 6.07) is 0. The summed E-state index contributed by atoms with van der Waals surface area (Å²) in [5, 5.41) is 15.9. The molecule has 0 saturated heterocycles. The Morgan fingerprint density at radius 2 is 1.45 bits per heavy atom. The lowest BCUT2D eigenvalue weighted by Gasteiger charge is -2.15. The van der Waals surface area contributed by atoms with Gasteiger partial charge in [-0.1, -0.05) is 6.92 Å². The van der Waals surface area contributed by atoms with Crippen LogP contribution in [0.5, 0.6) is 0 Å². The van der Waals surface area contributed by atoms with E-state index in [0.717, 1.165) is 0 Å². The summed E-state index contributed by atoms with van der Waals surface area (Å²) in [7, 11) is -8.31. The zero-order chi connectivity index (χ0) is 15.6. The van der Waals surface area contributed by atoms with Gasteiger partial charge < -0.3 is 14.2 Å². The quantitative estimate of drug-likeness (QED) is 0.201. The molecule has 122 valence electrons. The van der Waals surface area contributed by atoms with Crippen LogP contribution in [-0.2, 0) is 43.1 Å². The summed E-state index contributed by atoms with van der Waals surface area (Å²) in [6.07, 6.45) is -0.145. The Labute approximate surface area is 116 Å². The van der Waals surface area contributed by atoms with Gasteiger partial charge in [-0.15, -0.1) is 8.67 Å². The molecule has 0 aromatic carbocycles. The topological polar surface area (TPSA) is 155 Å². The zero-order valence-electron chi connectivity index (χ0n) is 10.5. The van der Waals surface area contributed by atoms with E-state index in [0.29, 0.717) is 6.42 Å². The molecular weight excluding hydrogens is 324 g/mol. The number of hydrogen-bond acceptors (Lipinski definition) is 11. The summed E-state index contributed by atoms with van der Waals surface area (Å²) < 4.78 is 63.3. The highest BCUT2D eigenvalue weighted by Gasteiger charge is 2.15. The second-order valence-electron chi connectivity index (χ2n) is 3.39. The molecule has 13 heteroatoms. The number of rotatable bonds is 12. The minimum atomic E-state index is -4.17. The molecule has 1 unspecified atom stereocenters. The van der Waals surface area contributed by atoms with Crippen LogP contribution in [-0.4, -0.2) is 58.7 Å². The van der Waals surface area contributed by atoms with E-state index >= 15 is 0 Å². The summed E-state index contributed by atoms with van der Waals surface area (Å²) >= 11 is 0. The molecule has 0 aromatic rings. The number of hydrogen-bond donors (Lipinski definition) is 2. The molecule has 2 N–H and O–H groups in total. The Balaban J connectivity index is 3.88. The molecule has 20 heavy (non-hydrogen) atoms. The predicted octanol–water partition coefficient (Wildman–Crippen LogP) is -0.674. The molecule has 0 bridgehead atoms. The Kier molecular flexibility index (Phi) is 9.36. The monoisotopic (exact) mass is 340 g/mol. The van der Waals surface area contributed by atoms with E-state index < -0.39 is 45.0 Å². The van der Waals surface area contributed by atoms with Crippen molar-refractivity contribution in [3.63, 3.8) is 0 Å². The molecule has 0 spiro atoms. The van der Waals surface area contributed by atoms with E-state index in [9.17, 15) is 16.8 Å². The van der Waals surface area contributed by atoms with Gasteiger partial charge in [0.25, 0.3) is 0 Å². The lowest BCUT2D eigenvalue weighted by atomic mass is 10.3. The first-order chi connectivity index (χ1) is 9.26. The largest absolute Gasteiger partial charge is 0.360 e. The summed E-state index contributed by atoms with van der Waals surface area (Å²) in [5.74, 6) is -1.77. The Morgan fingerprint density at radius 1 is 0.950 bits per heavy atom. The molecule has 0 saturated carbocycles. The fraction of sp³-hybridized carbons (Fsp3) is 1.00. The number of ether oxygens (including phenoxy) is 3. The van der Waals surface area contributed by atoms with Crippen LogP contribution in [0.15, 0.2) is 0 Å². The third-order valence-corrected chi connectivity index (χ3v) is 3.19. The maximum absolute atomic E-state index is 10.7. The van der Waals surface area contributed by atoms with Crippen molar-refractivity contribution < 1.29 is 50.2 Å². The van der Waals surface area contributed by atoms with Crippen molar-refractivity contribution >= 4 is 20.2 Å². The standard InChI is InChI=1S/C7H16O11S2/c1-2-7(3-14-5-19(10,11)17-8)16-4-15-6-20(12,13)18-9/h7-9H,2-6H2,1H3. The summed E-state index contributed by atoms with van der Waals surface area (Å²) in [5.41, 5.74) is 0. The van der Waals surface area contributed by atoms with Crippen molar-refractivity contribution in [1.29, 1.82) is 0 Å². The van der Waals surface area contributed by atoms with Crippen LogP contribution in [0.25, 0.3) is 0 Å². The van der Waals surface area contributed by atoms with E-state index in [1.165, 1.54) is 0 Å². The normalized spacial score (nSPS) is 14.3. The van der Waals surface area contributed by atoms with E-state index in [1.54, 1.807) is 6.92 Å². The van der Waals surface area contributed by atoms with Gasteiger partial charge in [-0.05, 0) is 6.42 Å². The SMILES string of the molecule is CCC(COCS(=O)(=O)OO)OCOCS(=O)(=O)OO. The van der Waals surface area contributed by atoms with Crippen molar-refractivity contribution in [2.24, 2.45) is 0 Å². The third-order valence-electron chi connectivity index (χ3n) is 1.83. The van der Waals surface area contributed by atoms with E-state index in [4.69, 9.17) is 20.0 Å². The first-order valence-corrected chi connectivity index (χ1v) is 8.30. The summed E-state index contributed by atoms with van der Waals surface area (Å²) in [6.45, 7) is 1.12.